The van der Waals surface area contributed by atoms with Crippen LogP contribution in [-0.4, -0.2) is 0 Å². The molecule has 0 atom stereocenters. The van der Waals surface area contributed by atoms with E-state index in [-0.39, 0.29) is 0 Å². The van der Waals surface area contributed by atoms with Gasteiger partial charge in [-0.25, -0.2) is 0 Å². The van der Waals surface area contributed by atoms with Crippen LogP contribution >= 0.6 is 0 Å². The minimum absolute atomic E-state index is 0.946. The highest BCUT2D eigenvalue weighted by atomic mass is 16.3. The van der Waals surface area contributed by atoms with Crippen LogP contribution in [0.1, 0.15) is 0 Å². The standard InChI is InChI=1S/C34H18O2/c1-2-8-20-19(7-1)31(25-13-5-11-23-27-15-17-29(35-27)33(23)25)21-9-3-4-10-22(21)32(20)26-14-6-12-24-28-16-18-30(36-28)34(24)26/h1-18H. The molecule has 0 saturated carbocycles. The Balaban J connectivity index is 1.51. The SMILES string of the molecule is c1ccc2c(-c3cccc4c5ccc(o5)c34)c3ccccc3c(-c3cccc4c5ccc(o5)c34)c2c1. The molecule has 4 aromatic heterocycles. The highest BCUT2D eigenvalue weighted by molar-refractivity contribution is 6.28. The molecule has 0 saturated heterocycles. The van der Waals surface area contributed by atoms with Gasteiger partial charge in [0.05, 0.1) is 0 Å². The summed E-state index contributed by atoms with van der Waals surface area (Å²) in [6, 6.07) is 39.0. The summed E-state index contributed by atoms with van der Waals surface area (Å²) in [7, 11) is 0. The van der Waals surface area contributed by atoms with Gasteiger partial charge >= 0.3 is 0 Å². The van der Waals surface area contributed by atoms with Gasteiger partial charge in [0, 0.05) is 21.5 Å². The number of rotatable bonds is 2. The third kappa shape index (κ3) is 2.18. The fourth-order valence-corrected chi connectivity index (χ4v) is 6.41. The van der Waals surface area contributed by atoms with Crippen molar-refractivity contribution in [1.82, 2.24) is 0 Å². The average molecular weight is 459 g/mol. The number of fused-ring (bicyclic) bond motifs is 12. The molecule has 4 heterocycles. The summed E-state index contributed by atoms with van der Waals surface area (Å²) in [5, 5.41) is 9.72. The van der Waals surface area contributed by atoms with Gasteiger partial charge in [0.2, 0.25) is 0 Å². The van der Waals surface area contributed by atoms with Crippen LogP contribution in [0.3, 0.4) is 0 Å². The van der Waals surface area contributed by atoms with Crippen LogP contribution in [-0.2, 0) is 0 Å². The molecular weight excluding hydrogens is 440 g/mol. The Hall–Kier alpha value is -4.82. The molecule has 36 heavy (non-hydrogen) atoms. The summed E-state index contributed by atoms with van der Waals surface area (Å²) in [5.74, 6) is 0. The van der Waals surface area contributed by atoms with Gasteiger partial charge in [-0.05, 0) is 68.1 Å². The van der Waals surface area contributed by atoms with E-state index in [0.29, 0.717) is 0 Å². The molecule has 0 spiro atoms. The molecule has 0 amide bonds. The van der Waals surface area contributed by atoms with Crippen molar-refractivity contribution in [1.29, 1.82) is 0 Å². The topological polar surface area (TPSA) is 26.3 Å². The van der Waals surface area contributed by atoms with Crippen LogP contribution in [0.15, 0.2) is 118 Å². The van der Waals surface area contributed by atoms with Crippen LogP contribution < -0.4 is 0 Å². The van der Waals surface area contributed by atoms with Gasteiger partial charge in [-0.3, -0.25) is 0 Å². The largest absolute Gasteiger partial charge is 0.456 e. The van der Waals surface area contributed by atoms with Crippen molar-refractivity contribution in [3.63, 3.8) is 0 Å². The second kappa shape index (κ2) is 6.44. The maximum atomic E-state index is 6.10. The van der Waals surface area contributed by atoms with Crippen LogP contribution in [0.2, 0.25) is 0 Å². The van der Waals surface area contributed by atoms with E-state index in [2.05, 4.69) is 109 Å². The van der Waals surface area contributed by atoms with E-state index in [1.54, 1.807) is 0 Å². The normalized spacial score (nSPS) is 12.4. The first-order valence-corrected chi connectivity index (χ1v) is 12.3. The highest BCUT2D eigenvalue weighted by Gasteiger charge is 2.22. The molecule has 2 heteroatoms. The fraction of sp³-hybridized carbons (Fsp3) is 0. The molecule has 9 aromatic rings. The Morgan fingerprint density at radius 1 is 0.306 bits per heavy atom. The smallest absolute Gasteiger partial charge is 0.136 e. The zero-order chi connectivity index (χ0) is 23.4. The Labute approximate surface area is 205 Å². The molecule has 0 unspecified atom stereocenters. The Bertz CT molecular complexity index is 2040. The van der Waals surface area contributed by atoms with Crippen molar-refractivity contribution in [3.05, 3.63) is 109 Å². The maximum Gasteiger partial charge on any atom is 0.136 e. The van der Waals surface area contributed by atoms with Crippen LogP contribution in [0.4, 0.5) is 0 Å². The van der Waals surface area contributed by atoms with E-state index in [9.17, 15) is 0 Å². The zero-order valence-corrected chi connectivity index (χ0v) is 19.2. The number of benzene rings is 7. The monoisotopic (exact) mass is 458 g/mol. The Morgan fingerprint density at radius 3 is 1.08 bits per heavy atom. The lowest BCUT2D eigenvalue weighted by Crippen LogP contribution is -1.92. The molecule has 166 valence electrons. The molecule has 9 rings (SSSR count). The minimum atomic E-state index is 0.946. The predicted molar refractivity (Wildman–Crippen MR) is 149 cm³/mol. The van der Waals surface area contributed by atoms with Crippen molar-refractivity contribution in [3.8, 4) is 22.3 Å². The molecule has 0 aliphatic carbocycles. The van der Waals surface area contributed by atoms with Gasteiger partial charge in [-0.15, -0.1) is 0 Å². The quantitative estimate of drug-likeness (QED) is 0.241. The van der Waals surface area contributed by atoms with Gasteiger partial charge in [0.25, 0.3) is 0 Å². The first kappa shape index (κ1) is 18.5. The van der Waals surface area contributed by atoms with Crippen LogP contribution in [0, 0.1) is 0 Å². The molecule has 0 fully saturated rings. The van der Waals surface area contributed by atoms with Gasteiger partial charge in [0.15, 0.2) is 0 Å². The molecule has 0 N–H and O–H groups in total. The van der Waals surface area contributed by atoms with Crippen molar-refractivity contribution in [2.75, 3.05) is 0 Å². The van der Waals surface area contributed by atoms with Crippen molar-refractivity contribution in [2.24, 2.45) is 0 Å². The lowest BCUT2D eigenvalue weighted by molar-refractivity contribution is 0.678. The van der Waals surface area contributed by atoms with E-state index >= 15 is 0 Å². The van der Waals surface area contributed by atoms with Gasteiger partial charge in [0.1, 0.15) is 22.3 Å². The summed E-state index contributed by atoms with van der Waals surface area (Å²) in [4.78, 5) is 0. The summed E-state index contributed by atoms with van der Waals surface area (Å²) in [5.41, 5.74) is 8.74. The third-order valence-corrected chi connectivity index (χ3v) is 7.83. The highest BCUT2D eigenvalue weighted by Crippen LogP contribution is 2.49. The maximum absolute atomic E-state index is 6.10. The number of hydrogen-bond acceptors (Lipinski definition) is 2. The fourth-order valence-electron chi connectivity index (χ4n) is 6.41. The summed E-state index contributed by atoms with van der Waals surface area (Å²) in [6.45, 7) is 0. The lowest BCUT2D eigenvalue weighted by Gasteiger charge is -2.18. The first-order chi connectivity index (χ1) is 17.9. The molecule has 4 bridgehead atoms. The van der Waals surface area contributed by atoms with Gasteiger partial charge in [-0.2, -0.15) is 0 Å². The van der Waals surface area contributed by atoms with Crippen molar-refractivity contribution in [2.45, 2.75) is 0 Å². The lowest BCUT2D eigenvalue weighted by atomic mass is 9.84. The third-order valence-electron chi connectivity index (χ3n) is 7.83. The molecular formula is C34H18O2. The van der Waals surface area contributed by atoms with E-state index in [0.717, 1.165) is 22.3 Å². The van der Waals surface area contributed by atoms with Crippen molar-refractivity contribution < 1.29 is 8.83 Å². The Morgan fingerprint density at radius 2 is 0.667 bits per heavy atom. The second-order valence-corrected chi connectivity index (χ2v) is 9.63. The van der Waals surface area contributed by atoms with E-state index in [4.69, 9.17) is 8.83 Å². The van der Waals surface area contributed by atoms with Gasteiger partial charge in [-0.1, -0.05) is 84.9 Å². The zero-order valence-electron chi connectivity index (χ0n) is 19.2. The van der Waals surface area contributed by atoms with E-state index < -0.39 is 0 Å². The second-order valence-electron chi connectivity index (χ2n) is 9.63. The summed E-state index contributed by atoms with van der Waals surface area (Å²) < 4.78 is 12.2. The van der Waals surface area contributed by atoms with Crippen LogP contribution in [0.25, 0.3) is 87.7 Å². The number of hydrogen-bond donors (Lipinski definition) is 0. The van der Waals surface area contributed by atoms with E-state index in [1.807, 2.05) is 0 Å². The molecule has 2 nitrogen and oxygen atoms in total. The Kier molecular flexibility index (Phi) is 3.31. The predicted octanol–water partition coefficient (Wildman–Crippen LogP) is 10.0. The molecule has 5 aromatic carbocycles. The molecule has 0 radical (unpaired) electrons. The van der Waals surface area contributed by atoms with Gasteiger partial charge < -0.3 is 8.83 Å². The minimum Gasteiger partial charge on any atom is -0.456 e. The summed E-state index contributed by atoms with van der Waals surface area (Å²) >= 11 is 0. The van der Waals surface area contributed by atoms with E-state index in [1.165, 1.54) is 65.3 Å². The molecule has 0 aliphatic rings. The number of furan rings is 4. The summed E-state index contributed by atoms with van der Waals surface area (Å²) in [6.07, 6.45) is 0. The average Bonchev–Trinajstić information content (AvgIpc) is 3.74. The first-order valence-electron chi connectivity index (χ1n) is 12.3. The molecule has 0 aliphatic heterocycles. The van der Waals surface area contributed by atoms with Crippen LogP contribution in [0.5, 0.6) is 0 Å². The van der Waals surface area contributed by atoms with Crippen molar-refractivity contribution >= 4 is 65.4 Å².